The number of imide groups is 1. The fraction of sp³-hybridized carbons (Fsp3) is 0.278. The lowest BCUT2D eigenvalue weighted by Crippen LogP contribution is -2.30. The number of hydrogen-bond donors (Lipinski definition) is 0. The summed E-state index contributed by atoms with van der Waals surface area (Å²) in [4.78, 5) is 37.5. The molecule has 0 aromatic heterocycles. The monoisotopic (exact) mass is 311 g/mol. The molecule has 5 nitrogen and oxygen atoms in total. The minimum atomic E-state index is -0.557. The fourth-order valence-corrected chi connectivity index (χ4v) is 3.11. The van der Waals surface area contributed by atoms with E-state index in [-0.39, 0.29) is 23.7 Å². The number of ether oxygens (including phenoxy) is 1. The van der Waals surface area contributed by atoms with Crippen LogP contribution in [0.15, 0.2) is 48.6 Å². The fourth-order valence-electron chi connectivity index (χ4n) is 3.11. The van der Waals surface area contributed by atoms with E-state index < -0.39 is 5.97 Å². The van der Waals surface area contributed by atoms with Gasteiger partial charge in [-0.25, -0.2) is 4.79 Å². The van der Waals surface area contributed by atoms with E-state index in [9.17, 15) is 14.4 Å². The van der Waals surface area contributed by atoms with Crippen LogP contribution in [0.3, 0.4) is 0 Å². The predicted molar refractivity (Wildman–Crippen MR) is 84.7 cm³/mol. The van der Waals surface area contributed by atoms with Gasteiger partial charge in [-0.3, -0.25) is 14.5 Å². The summed E-state index contributed by atoms with van der Waals surface area (Å²) in [7, 11) is 0. The standard InChI is InChI=1S/C18H17NO4/c1-3-16(20)23-13-7-5-12(6-8-13)19-17(21)14-9-4-11(2)10-15(14)18(19)22/h3-8,14-15H,1,9-10H2,2H3/t14-,15+/m1/s1. The van der Waals surface area contributed by atoms with Crippen LogP contribution in [0.5, 0.6) is 5.75 Å². The molecule has 5 heteroatoms. The Bertz CT molecular complexity index is 717. The Hall–Kier alpha value is -2.69. The van der Waals surface area contributed by atoms with E-state index >= 15 is 0 Å². The molecule has 1 aromatic rings. The Labute approximate surface area is 134 Å². The maximum atomic E-state index is 12.6. The summed E-state index contributed by atoms with van der Waals surface area (Å²) < 4.78 is 4.99. The Morgan fingerprint density at radius 2 is 1.87 bits per heavy atom. The van der Waals surface area contributed by atoms with E-state index in [1.165, 1.54) is 4.90 Å². The van der Waals surface area contributed by atoms with Crippen LogP contribution in [0.25, 0.3) is 0 Å². The maximum Gasteiger partial charge on any atom is 0.335 e. The zero-order valence-electron chi connectivity index (χ0n) is 12.8. The normalized spacial score (nSPS) is 23.3. The second-order valence-corrected chi connectivity index (χ2v) is 5.83. The van der Waals surface area contributed by atoms with Gasteiger partial charge in [-0.05, 0) is 44.0 Å². The molecule has 0 radical (unpaired) electrons. The lowest BCUT2D eigenvalue weighted by Gasteiger charge is -2.18. The molecule has 2 atom stereocenters. The van der Waals surface area contributed by atoms with Gasteiger partial charge in [-0.1, -0.05) is 18.2 Å². The highest BCUT2D eigenvalue weighted by Crippen LogP contribution is 2.39. The van der Waals surface area contributed by atoms with Gasteiger partial charge in [0.25, 0.3) is 0 Å². The number of amides is 2. The number of carbonyl (C=O) groups is 3. The van der Waals surface area contributed by atoms with E-state index in [1.807, 2.05) is 13.0 Å². The van der Waals surface area contributed by atoms with Gasteiger partial charge < -0.3 is 4.74 Å². The molecule has 0 N–H and O–H groups in total. The van der Waals surface area contributed by atoms with Crippen molar-refractivity contribution in [3.05, 3.63) is 48.6 Å². The number of allylic oxidation sites excluding steroid dienone is 2. The number of rotatable bonds is 3. The van der Waals surface area contributed by atoms with E-state index in [1.54, 1.807) is 24.3 Å². The molecular weight excluding hydrogens is 294 g/mol. The summed E-state index contributed by atoms with van der Waals surface area (Å²) in [6, 6.07) is 6.34. The van der Waals surface area contributed by atoms with Crippen molar-refractivity contribution in [3.8, 4) is 5.75 Å². The van der Waals surface area contributed by atoms with Crippen molar-refractivity contribution in [2.24, 2.45) is 11.8 Å². The van der Waals surface area contributed by atoms with Crippen LogP contribution in [0.4, 0.5) is 5.69 Å². The molecule has 1 saturated heterocycles. The van der Waals surface area contributed by atoms with Gasteiger partial charge in [0.15, 0.2) is 0 Å². The minimum Gasteiger partial charge on any atom is -0.423 e. The van der Waals surface area contributed by atoms with Crippen molar-refractivity contribution in [1.82, 2.24) is 0 Å². The number of fused-ring (bicyclic) bond motifs is 1. The predicted octanol–water partition coefficient (Wildman–Crippen LogP) is 2.62. The first-order valence-electron chi connectivity index (χ1n) is 7.49. The highest BCUT2D eigenvalue weighted by molar-refractivity contribution is 6.22. The molecule has 3 rings (SSSR count). The van der Waals surface area contributed by atoms with Gasteiger partial charge in [0.05, 0.1) is 17.5 Å². The molecule has 2 aliphatic rings. The lowest BCUT2D eigenvalue weighted by molar-refractivity contribution is -0.129. The van der Waals surface area contributed by atoms with Crippen LogP contribution in [0.1, 0.15) is 19.8 Å². The van der Waals surface area contributed by atoms with Crippen molar-refractivity contribution in [3.63, 3.8) is 0 Å². The molecule has 0 unspecified atom stereocenters. The Kier molecular flexibility index (Phi) is 3.86. The average molecular weight is 311 g/mol. The smallest absolute Gasteiger partial charge is 0.335 e. The molecular formula is C18H17NO4. The highest BCUT2D eigenvalue weighted by Gasteiger charge is 2.48. The first kappa shape index (κ1) is 15.2. The number of esters is 1. The molecule has 0 spiro atoms. The van der Waals surface area contributed by atoms with Crippen LogP contribution >= 0.6 is 0 Å². The number of anilines is 1. The van der Waals surface area contributed by atoms with Crippen molar-refractivity contribution in [2.75, 3.05) is 4.90 Å². The van der Waals surface area contributed by atoms with Gasteiger partial charge in [0.1, 0.15) is 5.75 Å². The molecule has 118 valence electrons. The molecule has 1 aliphatic carbocycles. The molecule has 0 bridgehead atoms. The summed E-state index contributed by atoms with van der Waals surface area (Å²) in [5.41, 5.74) is 1.66. The number of benzene rings is 1. The van der Waals surface area contributed by atoms with Crippen LogP contribution in [-0.2, 0) is 14.4 Å². The summed E-state index contributed by atoms with van der Waals surface area (Å²) >= 11 is 0. The first-order valence-corrected chi connectivity index (χ1v) is 7.49. The Morgan fingerprint density at radius 3 is 2.52 bits per heavy atom. The van der Waals surface area contributed by atoms with Crippen molar-refractivity contribution < 1.29 is 19.1 Å². The van der Waals surface area contributed by atoms with Crippen LogP contribution in [0.2, 0.25) is 0 Å². The Balaban J connectivity index is 1.82. The van der Waals surface area contributed by atoms with Gasteiger partial charge in [-0.2, -0.15) is 0 Å². The third-order valence-electron chi connectivity index (χ3n) is 4.30. The third-order valence-corrected chi connectivity index (χ3v) is 4.30. The topological polar surface area (TPSA) is 63.7 Å². The molecule has 1 fully saturated rings. The number of carbonyl (C=O) groups excluding carboxylic acids is 3. The first-order chi connectivity index (χ1) is 11.0. The molecule has 1 aliphatic heterocycles. The lowest BCUT2D eigenvalue weighted by atomic mass is 9.82. The second-order valence-electron chi connectivity index (χ2n) is 5.83. The van der Waals surface area contributed by atoms with Gasteiger partial charge in [-0.15, -0.1) is 0 Å². The summed E-state index contributed by atoms with van der Waals surface area (Å²) in [5.74, 6) is -1.04. The van der Waals surface area contributed by atoms with Gasteiger partial charge in [0.2, 0.25) is 11.8 Å². The molecule has 1 heterocycles. The highest BCUT2D eigenvalue weighted by atomic mass is 16.5. The zero-order valence-corrected chi connectivity index (χ0v) is 12.8. The summed E-state index contributed by atoms with van der Waals surface area (Å²) in [6.07, 6.45) is 4.36. The van der Waals surface area contributed by atoms with Crippen molar-refractivity contribution in [2.45, 2.75) is 19.8 Å². The van der Waals surface area contributed by atoms with E-state index in [2.05, 4.69) is 6.58 Å². The zero-order chi connectivity index (χ0) is 16.6. The van der Waals surface area contributed by atoms with E-state index in [0.717, 1.165) is 11.6 Å². The van der Waals surface area contributed by atoms with Crippen molar-refractivity contribution in [1.29, 1.82) is 0 Å². The van der Waals surface area contributed by atoms with Crippen LogP contribution in [-0.4, -0.2) is 17.8 Å². The van der Waals surface area contributed by atoms with Crippen LogP contribution in [0, 0.1) is 11.8 Å². The minimum absolute atomic E-state index is 0.150. The number of hydrogen-bond acceptors (Lipinski definition) is 4. The quantitative estimate of drug-likeness (QED) is 0.283. The second kappa shape index (κ2) is 5.83. The van der Waals surface area contributed by atoms with Gasteiger partial charge >= 0.3 is 5.97 Å². The summed E-state index contributed by atoms with van der Waals surface area (Å²) in [5, 5.41) is 0. The summed E-state index contributed by atoms with van der Waals surface area (Å²) in [6.45, 7) is 5.31. The van der Waals surface area contributed by atoms with Gasteiger partial charge in [0, 0.05) is 6.08 Å². The molecule has 1 aromatic carbocycles. The van der Waals surface area contributed by atoms with Crippen molar-refractivity contribution >= 4 is 23.5 Å². The number of nitrogens with zero attached hydrogens (tertiary/aromatic N) is 1. The average Bonchev–Trinajstić information content (AvgIpc) is 2.79. The van der Waals surface area contributed by atoms with E-state index in [4.69, 9.17) is 4.74 Å². The maximum absolute atomic E-state index is 12.6. The van der Waals surface area contributed by atoms with E-state index in [0.29, 0.717) is 24.3 Å². The molecule has 23 heavy (non-hydrogen) atoms. The molecule has 0 saturated carbocycles. The van der Waals surface area contributed by atoms with Crippen LogP contribution < -0.4 is 9.64 Å². The largest absolute Gasteiger partial charge is 0.423 e. The third kappa shape index (κ3) is 2.70. The Morgan fingerprint density at radius 1 is 1.22 bits per heavy atom. The SMILES string of the molecule is C=CC(=O)Oc1ccc(N2C(=O)[C@H]3CC(C)=CC[C@H]3C2=O)cc1. The molecule has 2 amide bonds.